The summed E-state index contributed by atoms with van der Waals surface area (Å²) in [4.78, 5) is 11.9. The number of nitrogens with one attached hydrogen (secondary N) is 1. The quantitative estimate of drug-likeness (QED) is 0.826. The van der Waals surface area contributed by atoms with Gasteiger partial charge in [0, 0.05) is 12.1 Å². The summed E-state index contributed by atoms with van der Waals surface area (Å²) in [5, 5.41) is 2.95. The number of benzene rings is 1. The van der Waals surface area contributed by atoms with Crippen LogP contribution in [0.4, 0.5) is 5.69 Å². The molecule has 1 amide bonds. The van der Waals surface area contributed by atoms with Crippen LogP contribution in [0, 0.1) is 25.7 Å². The van der Waals surface area contributed by atoms with Crippen LogP contribution in [0.25, 0.3) is 0 Å². The van der Waals surface area contributed by atoms with Gasteiger partial charge >= 0.3 is 0 Å². The van der Waals surface area contributed by atoms with E-state index >= 15 is 0 Å². The molecule has 0 saturated carbocycles. The Morgan fingerprint density at radius 1 is 1.26 bits per heavy atom. The summed E-state index contributed by atoms with van der Waals surface area (Å²) >= 11 is 0. The zero-order chi connectivity index (χ0) is 14.4. The molecule has 1 aromatic rings. The van der Waals surface area contributed by atoms with E-state index in [1.165, 1.54) is 11.1 Å². The minimum Gasteiger partial charge on any atom is -0.330 e. The van der Waals surface area contributed by atoms with E-state index < -0.39 is 0 Å². The fourth-order valence-corrected chi connectivity index (χ4v) is 2.08. The molecule has 0 aliphatic carbocycles. The highest BCUT2D eigenvalue weighted by atomic mass is 16.1. The molecule has 1 rings (SSSR count). The van der Waals surface area contributed by atoms with Gasteiger partial charge in [-0.1, -0.05) is 19.9 Å². The third-order valence-electron chi connectivity index (χ3n) is 3.78. The average Bonchev–Trinajstić information content (AvgIpc) is 2.34. The molecule has 0 fully saturated rings. The second kappa shape index (κ2) is 7.29. The Hall–Kier alpha value is -1.35. The second-order valence-electron chi connectivity index (χ2n) is 5.63. The molecule has 0 bridgehead atoms. The molecule has 0 aliphatic rings. The topological polar surface area (TPSA) is 55.1 Å². The first-order chi connectivity index (χ1) is 8.93. The molecule has 0 spiro atoms. The summed E-state index contributed by atoms with van der Waals surface area (Å²) in [5.41, 5.74) is 9.03. The Morgan fingerprint density at radius 3 is 2.47 bits per heavy atom. The predicted molar refractivity (Wildman–Crippen MR) is 81.2 cm³/mol. The number of hydrogen-bond donors (Lipinski definition) is 2. The first-order valence-electron chi connectivity index (χ1n) is 7.01. The van der Waals surface area contributed by atoms with Crippen molar-refractivity contribution in [2.24, 2.45) is 17.6 Å². The van der Waals surface area contributed by atoms with Crippen molar-refractivity contribution in [1.29, 1.82) is 0 Å². The average molecular weight is 262 g/mol. The number of anilines is 1. The number of amides is 1. The first kappa shape index (κ1) is 15.7. The SMILES string of the molecule is Cc1ccc(NC(=O)CCC(CN)C(C)C)cc1C. The number of rotatable bonds is 6. The van der Waals surface area contributed by atoms with Gasteiger partial charge in [0.25, 0.3) is 0 Å². The summed E-state index contributed by atoms with van der Waals surface area (Å²) in [6, 6.07) is 5.99. The zero-order valence-corrected chi connectivity index (χ0v) is 12.5. The summed E-state index contributed by atoms with van der Waals surface area (Å²) in [6.45, 7) is 9.07. The number of hydrogen-bond acceptors (Lipinski definition) is 2. The molecule has 0 heterocycles. The van der Waals surface area contributed by atoms with Crippen LogP contribution in [0.1, 0.15) is 37.8 Å². The number of carbonyl (C=O) groups excluding carboxylic acids is 1. The Kier molecular flexibility index (Phi) is 6.03. The van der Waals surface area contributed by atoms with Gasteiger partial charge in [0.05, 0.1) is 0 Å². The lowest BCUT2D eigenvalue weighted by Crippen LogP contribution is -2.22. The predicted octanol–water partition coefficient (Wildman–Crippen LogP) is 3.25. The number of carbonyl (C=O) groups is 1. The lowest BCUT2D eigenvalue weighted by atomic mass is 9.91. The van der Waals surface area contributed by atoms with Crippen molar-refractivity contribution in [3.8, 4) is 0 Å². The Bertz CT molecular complexity index is 427. The van der Waals surface area contributed by atoms with Crippen LogP contribution >= 0.6 is 0 Å². The van der Waals surface area contributed by atoms with Crippen LogP contribution in [0.2, 0.25) is 0 Å². The third-order valence-corrected chi connectivity index (χ3v) is 3.78. The fourth-order valence-electron chi connectivity index (χ4n) is 2.08. The molecular formula is C16H26N2O. The maximum Gasteiger partial charge on any atom is 0.224 e. The molecule has 19 heavy (non-hydrogen) atoms. The van der Waals surface area contributed by atoms with Crippen molar-refractivity contribution in [3.05, 3.63) is 29.3 Å². The maximum atomic E-state index is 11.9. The summed E-state index contributed by atoms with van der Waals surface area (Å²) in [5.74, 6) is 1.02. The normalized spacial score (nSPS) is 12.5. The summed E-state index contributed by atoms with van der Waals surface area (Å²) in [7, 11) is 0. The standard InChI is InChI=1S/C16H26N2O/c1-11(2)14(10-17)6-8-16(19)18-15-7-5-12(3)13(4)9-15/h5,7,9,11,14H,6,8,10,17H2,1-4H3,(H,18,19). The van der Waals surface area contributed by atoms with Crippen LogP contribution in [0.3, 0.4) is 0 Å². The molecule has 0 saturated heterocycles. The van der Waals surface area contributed by atoms with Crippen molar-refractivity contribution < 1.29 is 4.79 Å². The van der Waals surface area contributed by atoms with Gasteiger partial charge in [0.1, 0.15) is 0 Å². The van der Waals surface area contributed by atoms with E-state index in [0.29, 0.717) is 24.8 Å². The van der Waals surface area contributed by atoms with Gasteiger partial charge < -0.3 is 11.1 Å². The monoisotopic (exact) mass is 262 g/mol. The van der Waals surface area contributed by atoms with Crippen molar-refractivity contribution >= 4 is 11.6 Å². The van der Waals surface area contributed by atoms with E-state index in [2.05, 4.69) is 26.1 Å². The first-order valence-corrected chi connectivity index (χ1v) is 7.01. The number of nitrogens with two attached hydrogens (primary N) is 1. The molecule has 3 nitrogen and oxygen atoms in total. The van der Waals surface area contributed by atoms with E-state index in [-0.39, 0.29) is 5.91 Å². The minimum atomic E-state index is 0.0716. The van der Waals surface area contributed by atoms with Crippen LogP contribution in [0.15, 0.2) is 18.2 Å². The molecule has 1 unspecified atom stereocenters. The highest BCUT2D eigenvalue weighted by molar-refractivity contribution is 5.90. The van der Waals surface area contributed by atoms with Crippen molar-refractivity contribution in [2.75, 3.05) is 11.9 Å². The molecular weight excluding hydrogens is 236 g/mol. The van der Waals surface area contributed by atoms with E-state index in [0.717, 1.165) is 12.1 Å². The van der Waals surface area contributed by atoms with Gasteiger partial charge in [-0.25, -0.2) is 0 Å². The van der Waals surface area contributed by atoms with Gasteiger partial charge in [-0.05, 0) is 61.9 Å². The molecule has 1 aromatic carbocycles. The van der Waals surface area contributed by atoms with Gasteiger partial charge in [-0.2, -0.15) is 0 Å². The van der Waals surface area contributed by atoms with E-state index in [9.17, 15) is 4.79 Å². The smallest absolute Gasteiger partial charge is 0.224 e. The van der Waals surface area contributed by atoms with E-state index in [1.54, 1.807) is 0 Å². The van der Waals surface area contributed by atoms with Crippen LogP contribution in [-0.2, 0) is 4.79 Å². The van der Waals surface area contributed by atoms with E-state index in [1.807, 2.05) is 25.1 Å². The third kappa shape index (κ3) is 5.03. The molecule has 0 aromatic heterocycles. The molecule has 1 atom stereocenters. The van der Waals surface area contributed by atoms with Crippen molar-refractivity contribution in [1.82, 2.24) is 0 Å². The highest BCUT2D eigenvalue weighted by Crippen LogP contribution is 2.17. The summed E-state index contributed by atoms with van der Waals surface area (Å²) < 4.78 is 0. The van der Waals surface area contributed by atoms with Crippen LogP contribution < -0.4 is 11.1 Å². The Labute approximate surface area is 116 Å². The van der Waals surface area contributed by atoms with Crippen LogP contribution in [0.5, 0.6) is 0 Å². The fraction of sp³-hybridized carbons (Fsp3) is 0.562. The van der Waals surface area contributed by atoms with E-state index in [4.69, 9.17) is 5.73 Å². The Morgan fingerprint density at radius 2 is 1.95 bits per heavy atom. The molecule has 106 valence electrons. The molecule has 3 N–H and O–H groups in total. The van der Waals surface area contributed by atoms with Crippen LogP contribution in [-0.4, -0.2) is 12.5 Å². The highest BCUT2D eigenvalue weighted by Gasteiger charge is 2.13. The van der Waals surface area contributed by atoms with Gasteiger partial charge in [0.2, 0.25) is 5.91 Å². The minimum absolute atomic E-state index is 0.0716. The Balaban J connectivity index is 2.49. The van der Waals surface area contributed by atoms with Crippen molar-refractivity contribution in [3.63, 3.8) is 0 Å². The van der Waals surface area contributed by atoms with Gasteiger partial charge in [0.15, 0.2) is 0 Å². The molecule has 3 heteroatoms. The zero-order valence-electron chi connectivity index (χ0n) is 12.5. The largest absolute Gasteiger partial charge is 0.330 e. The van der Waals surface area contributed by atoms with Gasteiger partial charge in [-0.15, -0.1) is 0 Å². The lowest BCUT2D eigenvalue weighted by molar-refractivity contribution is -0.116. The second-order valence-corrected chi connectivity index (χ2v) is 5.63. The maximum absolute atomic E-state index is 11.9. The summed E-state index contributed by atoms with van der Waals surface area (Å²) in [6.07, 6.45) is 1.39. The molecule has 0 radical (unpaired) electrons. The van der Waals surface area contributed by atoms with Gasteiger partial charge in [-0.3, -0.25) is 4.79 Å². The lowest BCUT2D eigenvalue weighted by Gasteiger charge is -2.18. The number of aryl methyl sites for hydroxylation is 2. The molecule has 0 aliphatic heterocycles. The van der Waals surface area contributed by atoms with Crippen molar-refractivity contribution in [2.45, 2.75) is 40.5 Å².